The number of methoxy groups -OCH3 is 1. The summed E-state index contributed by atoms with van der Waals surface area (Å²) in [5.74, 6) is 0.689. The Morgan fingerprint density at radius 3 is 2.56 bits per heavy atom. The van der Waals surface area contributed by atoms with Gasteiger partial charge in [-0.05, 0) is 31.0 Å². The molecule has 0 spiro atoms. The molecule has 0 radical (unpaired) electrons. The summed E-state index contributed by atoms with van der Waals surface area (Å²) in [5.41, 5.74) is 6.79. The smallest absolute Gasteiger partial charge is 0.237 e. The van der Waals surface area contributed by atoms with Crippen LogP contribution in [-0.2, 0) is 11.2 Å². The average molecular weight is 222 g/mol. The molecule has 0 heterocycles. The zero-order valence-electron chi connectivity index (χ0n) is 9.69. The van der Waals surface area contributed by atoms with Crippen molar-refractivity contribution in [3.8, 4) is 5.75 Å². The largest absolute Gasteiger partial charge is 0.497 e. The summed E-state index contributed by atoms with van der Waals surface area (Å²) in [6.07, 6.45) is 0.538. The lowest BCUT2D eigenvalue weighted by Crippen LogP contribution is -2.41. The van der Waals surface area contributed by atoms with Crippen molar-refractivity contribution in [3.05, 3.63) is 29.8 Å². The molecule has 0 saturated carbocycles. The molecule has 0 aliphatic heterocycles. The Labute approximate surface area is 95.8 Å². The summed E-state index contributed by atoms with van der Waals surface area (Å²) in [6.45, 7) is 2.48. The highest BCUT2D eigenvalue weighted by atomic mass is 16.5. The van der Waals surface area contributed by atoms with Crippen molar-refractivity contribution in [2.45, 2.75) is 19.4 Å². The fraction of sp³-hybridized carbons (Fsp3) is 0.417. The third-order valence-electron chi connectivity index (χ3n) is 2.30. The molecule has 1 atom stereocenters. The highest BCUT2D eigenvalue weighted by Gasteiger charge is 2.12. The minimum atomic E-state index is -0.492. The number of hydrogen-bond donors (Lipinski definition) is 2. The van der Waals surface area contributed by atoms with Gasteiger partial charge < -0.3 is 15.8 Å². The number of likely N-dealkylation sites (N-methyl/N-ethyl adjacent to an activating group) is 1. The van der Waals surface area contributed by atoms with E-state index in [0.29, 0.717) is 13.0 Å². The van der Waals surface area contributed by atoms with Crippen LogP contribution in [0, 0.1) is 0 Å². The number of benzene rings is 1. The first-order chi connectivity index (χ1) is 7.67. The number of amides is 1. The standard InChI is InChI=1S/C12H18N2O2/c1-3-14-12(15)11(13)8-9-4-6-10(16-2)7-5-9/h4-7,11H,3,8,13H2,1-2H3,(H,14,15)/t11-/m0/s1. The van der Waals surface area contributed by atoms with Gasteiger partial charge in [-0.15, -0.1) is 0 Å². The van der Waals surface area contributed by atoms with Gasteiger partial charge in [0.05, 0.1) is 13.2 Å². The molecule has 1 aromatic rings. The first kappa shape index (κ1) is 12.5. The fourth-order valence-electron chi connectivity index (χ4n) is 1.41. The Bertz CT molecular complexity index is 335. The average Bonchev–Trinajstić information content (AvgIpc) is 2.30. The molecule has 0 fully saturated rings. The second-order valence-electron chi connectivity index (χ2n) is 3.55. The first-order valence-corrected chi connectivity index (χ1v) is 5.33. The van der Waals surface area contributed by atoms with Gasteiger partial charge in [-0.1, -0.05) is 12.1 Å². The summed E-state index contributed by atoms with van der Waals surface area (Å²) in [4.78, 5) is 11.4. The van der Waals surface area contributed by atoms with E-state index >= 15 is 0 Å². The van der Waals surface area contributed by atoms with Crippen molar-refractivity contribution < 1.29 is 9.53 Å². The van der Waals surface area contributed by atoms with Crippen molar-refractivity contribution in [2.75, 3.05) is 13.7 Å². The molecule has 3 N–H and O–H groups in total. The van der Waals surface area contributed by atoms with E-state index in [4.69, 9.17) is 10.5 Å². The zero-order chi connectivity index (χ0) is 12.0. The number of rotatable bonds is 5. The summed E-state index contributed by atoms with van der Waals surface area (Å²) >= 11 is 0. The van der Waals surface area contributed by atoms with Gasteiger partial charge in [0.15, 0.2) is 0 Å². The molecule has 1 aromatic carbocycles. The van der Waals surface area contributed by atoms with Gasteiger partial charge in [0.2, 0.25) is 5.91 Å². The van der Waals surface area contributed by atoms with E-state index in [0.717, 1.165) is 11.3 Å². The van der Waals surface area contributed by atoms with Crippen molar-refractivity contribution in [1.82, 2.24) is 5.32 Å². The maximum absolute atomic E-state index is 11.4. The Morgan fingerprint density at radius 1 is 1.44 bits per heavy atom. The SMILES string of the molecule is CCNC(=O)[C@@H](N)Cc1ccc(OC)cc1. The van der Waals surface area contributed by atoms with E-state index in [9.17, 15) is 4.79 Å². The third-order valence-corrected chi connectivity index (χ3v) is 2.30. The Kier molecular flexibility index (Phi) is 4.79. The fourth-order valence-corrected chi connectivity index (χ4v) is 1.41. The lowest BCUT2D eigenvalue weighted by Gasteiger charge is -2.11. The van der Waals surface area contributed by atoms with Crippen LogP contribution < -0.4 is 15.8 Å². The third kappa shape index (κ3) is 3.55. The van der Waals surface area contributed by atoms with Gasteiger partial charge in [0, 0.05) is 6.54 Å². The van der Waals surface area contributed by atoms with Crippen LogP contribution in [-0.4, -0.2) is 25.6 Å². The molecule has 0 unspecified atom stereocenters. The van der Waals surface area contributed by atoms with Crippen molar-refractivity contribution >= 4 is 5.91 Å². The van der Waals surface area contributed by atoms with Crippen LogP contribution in [0.4, 0.5) is 0 Å². The van der Waals surface area contributed by atoms with Gasteiger partial charge in [-0.3, -0.25) is 4.79 Å². The molecular formula is C12H18N2O2. The Hall–Kier alpha value is -1.55. The van der Waals surface area contributed by atoms with Gasteiger partial charge >= 0.3 is 0 Å². The molecule has 88 valence electrons. The maximum atomic E-state index is 11.4. The molecule has 0 bridgehead atoms. The van der Waals surface area contributed by atoms with Gasteiger partial charge in [-0.2, -0.15) is 0 Å². The molecule has 1 amide bonds. The summed E-state index contributed by atoms with van der Waals surface area (Å²) < 4.78 is 5.05. The topological polar surface area (TPSA) is 64.4 Å². The van der Waals surface area contributed by atoms with Crippen LogP contribution in [0.3, 0.4) is 0 Å². The molecule has 4 heteroatoms. The van der Waals surface area contributed by atoms with E-state index in [2.05, 4.69) is 5.32 Å². The van der Waals surface area contributed by atoms with Crippen molar-refractivity contribution in [2.24, 2.45) is 5.73 Å². The number of carbonyl (C=O) groups excluding carboxylic acids is 1. The number of ether oxygens (including phenoxy) is 1. The van der Waals surface area contributed by atoms with Crippen molar-refractivity contribution in [3.63, 3.8) is 0 Å². The number of nitrogens with two attached hydrogens (primary N) is 1. The zero-order valence-corrected chi connectivity index (χ0v) is 9.69. The van der Waals surface area contributed by atoms with Crippen LogP contribution >= 0.6 is 0 Å². The number of nitrogens with one attached hydrogen (secondary N) is 1. The molecule has 16 heavy (non-hydrogen) atoms. The molecular weight excluding hydrogens is 204 g/mol. The Balaban J connectivity index is 2.55. The van der Waals surface area contributed by atoms with E-state index < -0.39 is 6.04 Å². The van der Waals surface area contributed by atoms with Gasteiger partial charge in [0.1, 0.15) is 5.75 Å². The molecule has 1 rings (SSSR count). The van der Waals surface area contributed by atoms with Crippen LogP contribution in [0.2, 0.25) is 0 Å². The van der Waals surface area contributed by atoms with Crippen molar-refractivity contribution in [1.29, 1.82) is 0 Å². The Morgan fingerprint density at radius 2 is 2.06 bits per heavy atom. The monoisotopic (exact) mass is 222 g/mol. The predicted octanol–water partition coefficient (Wildman–Crippen LogP) is 0.701. The number of hydrogen-bond acceptors (Lipinski definition) is 3. The molecule has 0 aliphatic carbocycles. The van der Waals surface area contributed by atoms with Gasteiger partial charge in [-0.25, -0.2) is 0 Å². The normalized spacial score (nSPS) is 11.9. The molecule has 4 nitrogen and oxygen atoms in total. The minimum absolute atomic E-state index is 0.113. The van der Waals surface area contributed by atoms with Crippen LogP contribution in [0.15, 0.2) is 24.3 Å². The molecule has 0 saturated heterocycles. The second-order valence-corrected chi connectivity index (χ2v) is 3.55. The highest BCUT2D eigenvalue weighted by Crippen LogP contribution is 2.12. The van der Waals surface area contributed by atoms with E-state index in [-0.39, 0.29) is 5.91 Å². The number of carbonyl (C=O) groups is 1. The van der Waals surface area contributed by atoms with Crippen LogP contribution in [0.1, 0.15) is 12.5 Å². The predicted molar refractivity (Wildman–Crippen MR) is 63.4 cm³/mol. The summed E-state index contributed by atoms with van der Waals surface area (Å²) in [7, 11) is 1.62. The summed E-state index contributed by atoms with van der Waals surface area (Å²) in [5, 5.41) is 2.70. The highest BCUT2D eigenvalue weighted by molar-refractivity contribution is 5.81. The van der Waals surface area contributed by atoms with Crippen LogP contribution in [0.25, 0.3) is 0 Å². The van der Waals surface area contributed by atoms with E-state index in [1.165, 1.54) is 0 Å². The lowest BCUT2D eigenvalue weighted by atomic mass is 10.1. The first-order valence-electron chi connectivity index (χ1n) is 5.33. The quantitative estimate of drug-likeness (QED) is 0.771. The maximum Gasteiger partial charge on any atom is 0.237 e. The molecule has 0 aromatic heterocycles. The van der Waals surface area contributed by atoms with E-state index in [1.54, 1.807) is 7.11 Å². The molecule has 0 aliphatic rings. The summed E-state index contributed by atoms with van der Waals surface area (Å²) in [6, 6.07) is 7.06. The van der Waals surface area contributed by atoms with Gasteiger partial charge in [0.25, 0.3) is 0 Å². The lowest BCUT2D eigenvalue weighted by molar-refractivity contribution is -0.122. The van der Waals surface area contributed by atoms with Crippen LogP contribution in [0.5, 0.6) is 5.75 Å². The minimum Gasteiger partial charge on any atom is -0.497 e. The second kappa shape index (κ2) is 6.12. The van der Waals surface area contributed by atoms with E-state index in [1.807, 2.05) is 31.2 Å².